The molecule has 0 aromatic carbocycles. The standard InChI is InChI=1S/C20H39NO3.K/c1-3-4-5-6-7-8-9-10-11-12-13-14-15-16-19(22)21(2)18-17-20(23)24;/h3-18H2,1-2H3,(H,23,24);/q;+1/p-1. The summed E-state index contributed by atoms with van der Waals surface area (Å²) in [5.41, 5.74) is 0. The molecule has 0 aliphatic rings. The molecule has 4 nitrogen and oxygen atoms in total. The minimum absolute atomic E-state index is 0. The van der Waals surface area contributed by atoms with Crippen LogP contribution in [-0.4, -0.2) is 30.4 Å². The maximum atomic E-state index is 11.8. The number of unbranched alkanes of at least 4 members (excludes halogenated alkanes) is 12. The van der Waals surface area contributed by atoms with Crippen LogP contribution in [0, 0.1) is 0 Å². The van der Waals surface area contributed by atoms with Gasteiger partial charge in [-0.05, 0) is 6.42 Å². The molecule has 5 heteroatoms. The van der Waals surface area contributed by atoms with Gasteiger partial charge in [0.15, 0.2) is 0 Å². The molecule has 1 amide bonds. The van der Waals surface area contributed by atoms with Crippen LogP contribution in [0.1, 0.15) is 103 Å². The van der Waals surface area contributed by atoms with Gasteiger partial charge in [-0.25, -0.2) is 0 Å². The van der Waals surface area contributed by atoms with Crippen LogP contribution in [-0.2, 0) is 9.59 Å². The summed E-state index contributed by atoms with van der Waals surface area (Å²) in [6, 6.07) is 0. The van der Waals surface area contributed by atoms with Crippen molar-refractivity contribution in [1.82, 2.24) is 4.90 Å². The molecule has 0 aromatic rings. The largest absolute Gasteiger partial charge is 1.00 e. The van der Waals surface area contributed by atoms with Gasteiger partial charge in [0, 0.05) is 32.4 Å². The second kappa shape index (κ2) is 20.9. The molecule has 0 radical (unpaired) electrons. The van der Waals surface area contributed by atoms with E-state index in [0.29, 0.717) is 6.42 Å². The van der Waals surface area contributed by atoms with Crippen molar-refractivity contribution in [2.24, 2.45) is 0 Å². The van der Waals surface area contributed by atoms with E-state index >= 15 is 0 Å². The molecule has 0 atom stereocenters. The molecule has 142 valence electrons. The zero-order valence-corrected chi connectivity index (χ0v) is 20.1. The Bertz CT molecular complexity index is 324. The van der Waals surface area contributed by atoms with Gasteiger partial charge < -0.3 is 14.8 Å². The predicted molar refractivity (Wildman–Crippen MR) is 97.6 cm³/mol. The minimum atomic E-state index is -1.10. The fourth-order valence-corrected chi connectivity index (χ4v) is 2.87. The van der Waals surface area contributed by atoms with Crippen molar-refractivity contribution in [3.05, 3.63) is 0 Å². The van der Waals surface area contributed by atoms with Gasteiger partial charge in [-0.3, -0.25) is 4.79 Å². The summed E-state index contributed by atoms with van der Waals surface area (Å²) in [5.74, 6) is -1.06. The van der Waals surface area contributed by atoms with Gasteiger partial charge in [0.1, 0.15) is 0 Å². The van der Waals surface area contributed by atoms with E-state index in [1.54, 1.807) is 7.05 Å². The first-order valence-corrected chi connectivity index (χ1v) is 10.0. The summed E-state index contributed by atoms with van der Waals surface area (Å²) in [5, 5.41) is 10.4. The van der Waals surface area contributed by atoms with E-state index in [9.17, 15) is 14.7 Å². The van der Waals surface area contributed by atoms with E-state index in [1.165, 1.54) is 75.5 Å². The third-order valence-electron chi connectivity index (χ3n) is 4.57. The van der Waals surface area contributed by atoms with Gasteiger partial charge in [-0.15, -0.1) is 0 Å². The van der Waals surface area contributed by atoms with E-state index in [2.05, 4.69) is 6.92 Å². The number of amides is 1. The first-order chi connectivity index (χ1) is 11.6. The normalized spacial score (nSPS) is 10.3. The van der Waals surface area contributed by atoms with Gasteiger partial charge in [0.05, 0.1) is 0 Å². The second-order valence-electron chi connectivity index (χ2n) is 6.93. The molecule has 0 aliphatic heterocycles. The third-order valence-corrected chi connectivity index (χ3v) is 4.57. The quantitative estimate of drug-likeness (QED) is 0.281. The molecule has 25 heavy (non-hydrogen) atoms. The zero-order valence-electron chi connectivity index (χ0n) is 17.0. The van der Waals surface area contributed by atoms with E-state index in [1.807, 2.05) is 0 Å². The maximum absolute atomic E-state index is 11.8. The van der Waals surface area contributed by atoms with Crippen LogP contribution in [0.25, 0.3) is 0 Å². The van der Waals surface area contributed by atoms with E-state index in [0.717, 1.165) is 12.8 Å². The van der Waals surface area contributed by atoms with Crippen LogP contribution in [0.15, 0.2) is 0 Å². The molecule has 0 aromatic heterocycles. The summed E-state index contributed by atoms with van der Waals surface area (Å²) < 4.78 is 0. The van der Waals surface area contributed by atoms with Gasteiger partial charge >= 0.3 is 51.4 Å². The number of carbonyl (C=O) groups is 2. The number of carboxylic acids is 1. The molecule has 0 spiro atoms. The molecule has 0 bridgehead atoms. The van der Waals surface area contributed by atoms with Gasteiger partial charge in [-0.2, -0.15) is 0 Å². The van der Waals surface area contributed by atoms with Gasteiger partial charge in [0.25, 0.3) is 0 Å². The molecule has 0 unspecified atom stereocenters. The molecular weight excluding hydrogens is 341 g/mol. The Kier molecular flexibility index (Phi) is 23.2. The molecule has 0 saturated heterocycles. The van der Waals surface area contributed by atoms with Crippen molar-refractivity contribution in [3.63, 3.8) is 0 Å². The Morgan fingerprint density at radius 1 is 0.720 bits per heavy atom. The summed E-state index contributed by atoms with van der Waals surface area (Å²) in [4.78, 5) is 23.6. The Balaban J connectivity index is 0. The van der Waals surface area contributed by atoms with Crippen LogP contribution < -0.4 is 56.5 Å². The fourth-order valence-electron chi connectivity index (χ4n) is 2.87. The van der Waals surface area contributed by atoms with Crippen molar-refractivity contribution in [1.29, 1.82) is 0 Å². The van der Waals surface area contributed by atoms with Crippen LogP contribution in [0.4, 0.5) is 0 Å². The number of aliphatic carboxylic acids is 1. The molecule has 0 heterocycles. The summed E-state index contributed by atoms with van der Waals surface area (Å²) in [7, 11) is 1.66. The molecule has 0 fully saturated rings. The number of nitrogens with zero attached hydrogens (tertiary/aromatic N) is 1. The Labute approximate surface area is 197 Å². The number of hydrogen-bond donors (Lipinski definition) is 0. The first kappa shape index (κ1) is 27.8. The van der Waals surface area contributed by atoms with Crippen molar-refractivity contribution in [3.8, 4) is 0 Å². The summed E-state index contributed by atoms with van der Waals surface area (Å²) >= 11 is 0. The van der Waals surface area contributed by atoms with E-state index in [-0.39, 0.29) is 70.3 Å². The van der Waals surface area contributed by atoms with Crippen LogP contribution >= 0.6 is 0 Å². The second-order valence-corrected chi connectivity index (χ2v) is 6.93. The van der Waals surface area contributed by atoms with Crippen molar-refractivity contribution in [2.75, 3.05) is 13.6 Å². The van der Waals surface area contributed by atoms with Gasteiger partial charge in [0.2, 0.25) is 5.91 Å². The molecule has 0 N–H and O–H groups in total. The Morgan fingerprint density at radius 3 is 1.52 bits per heavy atom. The Morgan fingerprint density at radius 2 is 1.12 bits per heavy atom. The van der Waals surface area contributed by atoms with E-state index in [4.69, 9.17) is 0 Å². The molecule has 0 rings (SSSR count). The summed E-state index contributed by atoms with van der Waals surface area (Å²) in [6.07, 6.45) is 17.2. The van der Waals surface area contributed by atoms with Gasteiger partial charge in [-0.1, -0.05) is 84.0 Å². The number of carbonyl (C=O) groups excluding carboxylic acids is 2. The minimum Gasteiger partial charge on any atom is -0.550 e. The molecule has 0 aliphatic carbocycles. The predicted octanol–water partition coefficient (Wildman–Crippen LogP) is 1.07. The van der Waals surface area contributed by atoms with Crippen LogP contribution in [0.3, 0.4) is 0 Å². The molecular formula is C20H38KNO3. The van der Waals surface area contributed by atoms with Crippen molar-refractivity contribution < 1.29 is 66.1 Å². The SMILES string of the molecule is CCCCCCCCCCCCCCCC(=O)N(C)CCC(=O)[O-].[K+]. The summed E-state index contributed by atoms with van der Waals surface area (Å²) in [6.45, 7) is 2.50. The monoisotopic (exact) mass is 379 g/mol. The zero-order chi connectivity index (χ0) is 18.0. The number of rotatable bonds is 17. The average Bonchev–Trinajstić information content (AvgIpc) is 2.56. The topological polar surface area (TPSA) is 60.4 Å². The fraction of sp³-hybridized carbons (Fsp3) is 0.900. The average molecular weight is 380 g/mol. The first-order valence-electron chi connectivity index (χ1n) is 10.0. The van der Waals surface area contributed by atoms with E-state index < -0.39 is 5.97 Å². The smallest absolute Gasteiger partial charge is 0.550 e. The van der Waals surface area contributed by atoms with Crippen molar-refractivity contribution in [2.45, 2.75) is 103 Å². The number of carboxylic acid groups (broad SMARTS) is 1. The molecule has 0 saturated carbocycles. The van der Waals surface area contributed by atoms with Crippen LogP contribution in [0.5, 0.6) is 0 Å². The van der Waals surface area contributed by atoms with Crippen molar-refractivity contribution >= 4 is 11.9 Å². The number of hydrogen-bond acceptors (Lipinski definition) is 3. The maximum Gasteiger partial charge on any atom is 1.00 e. The Hall–Kier alpha value is 0.576. The van der Waals surface area contributed by atoms with Crippen LogP contribution in [0.2, 0.25) is 0 Å². The third kappa shape index (κ3) is 20.7.